The van der Waals surface area contributed by atoms with E-state index in [4.69, 9.17) is 25.8 Å². The molecule has 0 radical (unpaired) electrons. The van der Waals surface area contributed by atoms with Crippen molar-refractivity contribution >= 4 is 23.2 Å². The van der Waals surface area contributed by atoms with E-state index in [0.29, 0.717) is 35.9 Å². The first-order valence-electron chi connectivity index (χ1n) is 17.2. The number of hydrogen-bond donors (Lipinski definition) is 0. The second kappa shape index (κ2) is 19.7. The second-order valence-electron chi connectivity index (χ2n) is 12.4. The summed E-state index contributed by atoms with van der Waals surface area (Å²) in [5.41, 5.74) is 5.07. The number of rotatable bonds is 19. The van der Waals surface area contributed by atoms with E-state index in [1.807, 2.05) is 85.0 Å². The van der Waals surface area contributed by atoms with Crippen LogP contribution >= 0.6 is 11.6 Å². The number of carbonyl (C=O) groups is 1. The molecule has 4 aromatic carbocycles. The molecule has 0 spiro atoms. The number of nitrogens with zero attached hydrogens (tertiary/aromatic N) is 1. The van der Waals surface area contributed by atoms with Crippen LogP contribution in [0.25, 0.3) is 0 Å². The predicted octanol–water partition coefficient (Wildman–Crippen LogP) is 10.5. The summed E-state index contributed by atoms with van der Waals surface area (Å²) >= 11 is 6.69. The molecule has 0 aromatic heterocycles. The van der Waals surface area contributed by atoms with Crippen LogP contribution in [0.15, 0.2) is 140 Å². The Hall–Kier alpha value is -4.42. The number of methoxy groups -OCH3 is 2. The number of unbranched alkanes of at least 4 members (excludes halogenated alkanes) is 3. The van der Waals surface area contributed by atoms with Crippen molar-refractivity contribution in [2.45, 2.75) is 57.2 Å². The van der Waals surface area contributed by atoms with Gasteiger partial charge < -0.3 is 19.1 Å². The van der Waals surface area contributed by atoms with Gasteiger partial charge in [-0.3, -0.25) is 4.79 Å². The second-order valence-corrected chi connectivity index (χ2v) is 12.8. The summed E-state index contributed by atoms with van der Waals surface area (Å²) in [6.07, 6.45) is 12.7. The molecule has 5 nitrogen and oxygen atoms in total. The summed E-state index contributed by atoms with van der Waals surface area (Å²) in [5, 5.41) is 0.431. The number of allylic oxidation sites excluding steroid dienone is 4. The minimum atomic E-state index is -0.828. The number of benzene rings is 4. The summed E-state index contributed by atoms with van der Waals surface area (Å²) in [7, 11) is 5.07. The summed E-state index contributed by atoms with van der Waals surface area (Å²) < 4.78 is 18.5. The molecular weight excluding hydrogens is 642 g/mol. The molecule has 262 valence electrons. The van der Waals surface area contributed by atoms with Crippen LogP contribution < -0.4 is 9.64 Å². The van der Waals surface area contributed by atoms with Crippen LogP contribution in [-0.4, -0.2) is 39.9 Å². The quantitative estimate of drug-likeness (QED) is 0.0425. The number of anilines is 1. The first kappa shape index (κ1) is 38.4. The highest BCUT2D eigenvalue weighted by molar-refractivity contribution is 6.35. The molecule has 50 heavy (non-hydrogen) atoms. The lowest BCUT2D eigenvalue weighted by Crippen LogP contribution is -2.35. The molecule has 6 heteroatoms. The standard InChI is InChI=1S/C44H50ClNO4/c1-6-7-8-9-19-29-42(47)46(3)40-31-35(32-41(49-5)43(40)45)30-34(2)21-20-28-39(48-4)33-50-44(36-22-13-10-14-23-36,37-24-15-11-16-25-37)38-26-17-12-18-27-38/h6,10-18,20-28,31-32,39H,1,7-9,19,29-30,33H2,2-5H3/b28-20+,34-21+/t39-/m1/s1. The Morgan fingerprint density at radius 1 is 0.880 bits per heavy atom. The van der Waals surface area contributed by atoms with Gasteiger partial charge in [0.1, 0.15) is 16.4 Å². The van der Waals surface area contributed by atoms with E-state index >= 15 is 0 Å². The van der Waals surface area contributed by atoms with E-state index in [2.05, 4.69) is 56.0 Å². The summed E-state index contributed by atoms with van der Waals surface area (Å²) in [6, 6.07) is 34.9. The van der Waals surface area contributed by atoms with Crippen molar-refractivity contribution < 1.29 is 19.0 Å². The van der Waals surface area contributed by atoms with Crippen LogP contribution in [-0.2, 0) is 26.3 Å². The molecule has 0 aliphatic heterocycles. The van der Waals surface area contributed by atoms with Crippen LogP contribution in [0.2, 0.25) is 5.02 Å². The Kier molecular flexibility index (Phi) is 15.1. The molecule has 0 saturated carbocycles. The maximum absolute atomic E-state index is 13.0. The average Bonchev–Trinajstić information content (AvgIpc) is 3.15. The molecule has 0 N–H and O–H groups in total. The summed E-state index contributed by atoms with van der Waals surface area (Å²) in [6.45, 7) is 6.17. The van der Waals surface area contributed by atoms with Crippen LogP contribution in [0.3, 0.4) is 0 Å². The Labute approximate surface area is 303 Å². The number of halogens is 1. The molecule has 1 atom stereocenters. The maximum atomic E-state index is 13.0. The molecule has 0 aliphatic rings. The molecule has 4 aromatic rings. The number of amides is 1. The first-order valence-corrected chi connectivity index (χ1v) is 17.6. The lowest BCUT2D eigenvalue weighted by Gasteiger charge is -2.36. The fraction of sp³-hybridized carbons (Fsp3) is 0.295. The normalized spacial score (nSPS) is 12.5. The zero-order chi connectivity index (χ0) is 35.8. The summed E-state index contributed by atoms with van der Waals surface area (Å²) in [5.74, 6) is 0.576. The van der Waals surface area contributed by atoms with Crippen LogP contribution in [0, 0.1) is 0 Å². The zero-order valence-corrected chi connectivity index (χ0v) is 30.6. The van der Waals surface area contributed by atoms with Crippen molar-refractivity contribution in [1.29, 1.82) is 0 Å². The van der Waals surface area contributed by atoms with Gasteiger partial charge in [0.05, 0.1) is 25.5 Å². The van der Waals surface area contributed by atoms with Crippen LogP contribution in [0.4, 0.5) is 5.69 Å². The number of carbonyl (C=O) groups excluding carboxylic acids is 1. The fourth-order valence-electron chi connectivity index (χ4n) is 6.08. The fourth-order valence-corrected chi connectivity index (χ4v) is 6.39. The van der Waals surface area contributed by atoms with Crippen molar-refractivity contribution in [2.24, 2.45) is 0 Å². The van der Waals surface area contributed by atoms with Gasteiger partial charge >= 0.3 is 0 Å². The monoisotopic (exact) mass is 691 g/mol. The third kappa shape index (κ3) is 10.1. The van der Waals surface area contributed by atoms with Gasteiger partial charge in [0, 0.05) is 20.6 Å². The first-order chi connectivity index (χ1) is 24.3. The van der Waals surface area contributed by atoms with Gasteiger partial charge in [0.25, 0.3) is 0 Å². The van der Waals surface area contributed by atoms with Gasteiger partial charge in [0.2, 0.25) is 5.91 Å². The Balaban J connectivity index is 1.50. The molecule has 0 fully saturated rings. The largest absolute Gasteiger partial charge is 0.495 e. The highest BCUT2D eigenvalue weighted by Crippen LogP contribution is 2.41. The van der Waals surface area contributed by atoms with Crippen LogP contribution in [0.1, 0.15) is 61.3 Å². The predicted molar refractivity (Wildman–Crippen MR) is 207 cm³/mol. The molecule has 0 aliphatic carbocycles. The van der Waals surface area contributed by atoms with E-state index in [1.54, 1.807) is 26.2 Å². The van der Waals surface area contributed by atoms with Gasteiger partial charge in [-0.2, -0.15) is 0 Å². The maximum Gasteiger partial charge on any atom is 0.226 e. The van der Waals surface area contributed by atoms with Gasteiger partial charge in [-0.15, -0.1) is 6.58 Å². The Morgan fingerprint density at radius 2 is 1.46 bits per heavy atom. The average molecular weight is 692 g/mol. The molecule has 4 rings (SSSR count). The summed E-state index contributed by atoms with van der Waals surface area (Å²) in [4.78, 5) is 14.7. The van der Waals surface area contributed by atoms with Gasteiger partial charge in [-0.25, -0.2) is 0 Å². The number of hydrogen-bond acceptors (Lipinski definition) is 4. The molecule has 0 saturated heterocycles. The third-order valence-corrected chi connectivity index (χ3v) is 9.21. The van der Waals surface area contributed by atoms with Crippen molar-refractivity contribution in [3.63, 3.8) is 0 Å². The van der Waals surface area contributed by atoms with E-state index in [9.17, 15) is 4.79 Å². The topological polar surface area (TPSA) is 48.0 Å². The Morgan fingerprint density at radius 3 is 1.98 bits per heavy atom. The SMILES string of the molecule is C=CCCCCCC(=O)N(C)c1cc(C/C(C)=C/C=C/[C@H](COC(c2ccccc2)(c2ccccc2)c2ccccc2)OC)cc(OC)c1Cl. The molecule has 0 heterocycles. The van der Waals surface area contributed by atoms with Gasteiger partial charge in [0.15, 0.2) is 0 Å². The molecule has 1 amide bonds. The van der Waals surface area contributed by atoms with Gasteiger partial charge in [-0.05, 0) is 67.0 Å². The van der Waals surface area contributed by atoms with Crippen molar-refractivity contribution in [3.8, 4) is 5.75 Å². The van der Waals surface area contributed by atoms with E-state index < -0.39 is 5.60 Å². The smallest absolute Gasteiger partial charge is 0.226 e. The lowest BCUT2D eigenvalue weighted by molar-refractivity contribution is -0.118. The van der Waals surface area contributed by atoms with Crippen molar-refractivity contribution in [1.82, 2.24) is 0 Å². The van der Waals surface area contributed by atoms with Crippen molar-refractivity contribution in [3.05, 3.63) is 167 Å². The Bertz CT molecular complexity index is 1610. The van der Waals surface area contributed by atoms with E-state index in [1.165, 1.54) is 0 Å². The van der Waals surface area contributed by atoms with Crippen molar-refractivity contribution in [2.75, 3.05) is 32.8 Å². The van der Waals surface area contributed by atoms with Gasteiger partial charge in [-0.1, -0.05) is 139 Å². The highest BCUT2D eigenvalue weighted by atomic mass is 35.5. The lowest BCUT2D eigenvalue weighted by atomic mass is 9.80. The number of ether oxygens (including phenoxy) is 3. The molecular formula is C44H50ClNO4. The minimum absolute atomic E-state index is 0.0311. The van der Waals surface area contributed by atoms with E-state index in [-0.39, 0.29) is 12.0 Å². The minimum Gasteiger partial charge on any atom is -0.495 e. The highest BCUT2D eigenvalue weighted by Gasteiger charge is 2.38. The van der Waals surface area contributed by atoms with E-state index in [0.717, 1.165) is 53.5 Å². The third-order valence-electron chi connectivity index (χ3n) is 8.83. The molecule has 0 bridgehead atoms. The van der Waals surface area contributed by atoms with Crippen LogP contribution in [0.5, 0.6) is 5.75 Å². The zero-order valence-electron chi connectivity index (χ0n) is 29.8. The molecule has 0 unspecified atom stereocenters.